The van der Waals surface area contributed by atoms with E-state index in [1.165, 1.54) is 12.1 Å². The zero-order chi connectivity index (χ0) is 17.0. The molecule has 1 aromatic carbocycles. The van der Waals surface area contributed by atoms with E-state index >= 15 is 0 Å². The molecule has 2 atom stereocenters. The van der Waals surface area contributed by atoms with Gasteiger partial charge in [0.2, 0.25) is 11.6 Å². The molecule has 24 heavy (non-hydrogen) atoms. The fourth-order valence-corrected chi connectivity index (χ4v) is 2.95. The fourth-order valence-electron chi connectivity index (χ4n) is 2.95. The highest BCUT2D eigenvalue weighted by atomic mass is 16.3. The Kier molecular flexibility index (Phi) is 6.75. The van der Waals surface area contributed by atoms with Crippen molar-refractivity contribution in [3.63, 3.8) is 0 Å². The number of fused-ring (bicyclic) bond motifs is 1. The lowest BCUT2D eigenvalue weighted by molar-refractivity contribution is -0.141. The van der Waals surface area contributed by atoms with Gasteiger partial charge < -0.3 is 10.6 Å². The van der Waals surface area contributed by atoms with Gasteiger partial charge in [-0.3, -0.25) is 24.6 Å². The average Bonchev–Trinajstić information content (AvgIpc) is 2.80. The number of nitrogens with two attached hydrogens (primary N) is 1. The highest BCUT2D eigenvalue weighted by Crippen LogP contribution is 2.36. The largest absolute Gasteiger partial charge is 0.508 e. The van der Waals surface area contributed by atoms with Crippen LogP contribution in [0.15, 0.2) is 24.3 Å². The van der Waals surface area contributed by atoms with Crippen molar-refractivity contribution in [3.8, 4) is 5.75 Å². The first kappa shape index (κ1) is 19.5. The van der Waals surface area contributed by atoms with Gasteiger partial charge in [-0.2, -0.15) is 0 Å². The van der Waals surface area contributed by atoms with E-state index in [1.807, 2.05) is 5.43 Å². The zero-order valence-corrected chi connectivity index (χ0v) is 13.0. The normalized spacial score (nSPS) is 22.0. The predicted molar refractivity (Wildman–Crippen MR) is 83.8 cm³/mol. The van der Waals surface area contributed by atoms with Gasteiger partial charge in [-0.05, 0) is 31.0 Å². The minimum Gasteiger partial charge on any atom is -0.508 e. The van der Waals surface area contributed by atoms with Crippen LogP contribution in [0.25, 0.3) is 0 Å². The van der Waals surface area contributed by atoms with Crippen LogP contribution in [-0.2, 0) is 14.4 Å². The van der Waals surface area contributed by atoms with Crippen LogP contribution < -0.4 is 11.3 Å². The van der Waals surface area contributed by atoms with Crippen LogP contribution in [0.3, 0.4) is 0 Å². The molecule has 3 rings (SSSR count). The van der Waals surface area contributed by atoms with Crippen molar-refractivity contribution in [2.24, 2.45) is 17.7 Å². The molecule has 0 spiro atoms. The minimum absolute atomic E-state index is 0. The molecule has 0 aliphatic heterocycles. The number of aromatic hydroxyl groups is 1. The van der Waals surface area contributed by atoms with Crippen LogP contribution in [0.5, 0.6) is 5.75 Å². The van der Waals surface area contributed by atoms with E-state index < -0.39 is 23.3 Å². The summed E-state index contributed by atoms with van der Waals surface area (Å²) in [7, 11) is 0. The maximum Gasteiger partial charge on any atom is 0.265 e. The van der Waals surface area contributed by atoms with Crippen LogP contribution in [0.1, 0.15) is 36.0 Å². The van der Waals surface area contributed by atoms with Crippen molar-refractivity contribution >= 4 is 23.3 Å². The molecule has 2 unspecified atom stereocenters. The number of phenolic OH excluding ortho intramolecular Hbond substituents is 1. The van der Waals surface area contributed by atoms with Crippen molar-refractivity contribution < 1.29 is 29.8 Å². The molecule has 1 aromatic rings. The van der Waals surface area contributed by atoms with Crippen LogP contribution in [-0.4, -0.2) is 33.8 Å². The number of rotatable bonds is 1. The number of nitrogen functional groups attached to an aromatic ring is 1. The van der Waals surface area contributed by atoms with Gasteiger partial charge >= 0.3 is 0 Å². The molecule has 130 valence electrons. The van der Waals surface area contributed by atoms with Crippen molar-refractivity contribution in [2.75, 3.05) is 0 Å². The summed E-state index contributed by atoms with van der Waals surface area (Å²) in [6, 6.07) is 5.94. The summed E-state index contributed by atoms with van der Waals surface area (Å²) < 4.78 is 0. The Bertz CT molecular complexity index is 632. The third kappa shape index (κ3) is 4.03. The molecule has 2 aliphatic carbocycles. The number of carbonyl (C=O) groups is 4. The molecule has 6 N–H and O–H groups in total. The summed E-state index contributed by atoms with van der Waals surface area (Å²) in [5, 5.41) is 8.94. The number of amides is 1. The number of carbonyl (C=O) groups excluding carboxylic acids is 4. The second-order valence-corrected chi connectivity index (χ2v) is 5.58. The summed E-state index contributed by atoms with van der Waals surface area (Å²) >= 11 is 0. The molecule has 2 fully saturated rings. The van der Waals surface area contributed by atoms with Crippen LogP contribution in [0.4, 0.5) is 0 Å². The SMILES string of the molecule is NNC(=O)c1cccc(O)c1.O.O=C1C(=O)C2CCCCC2C1=O. The molecule has 8 heteroatoms. The highest BCUT2D eigenvalue weighted by Gasteiger charge is 2.48. The van der Waals surface area contributed by atoms with E-state index in [0.29, 0.717) is 5.56 Å². The zero-order valence-electron chi connectivity index (χ0n) is 13.0. The molecule has 0 aromatic heterocycles. The first-order valence-corrected chi connectivity index (χ1v) is 7.38. The Morgan fingerprint density at radius 3 is 2.08 bits per heavy atom. The molecule has 8 nitrogen and oxygen atoms in total. The van der Waals surface area contributed by atoms with Gasteiger partial charge in [-0.1, -0.05) is 18.9 Å². The quantitative estimate of drug-likeness (QED) is 0.276. The number of hydrogen-bond acceptors (Lipinski definition) is 6. The topological polar surface area (TPSA) is 158 Å². The van der Waals surface area contributed by atoms with Gasteiger partial charge in [0.1, 0.15) is 5.75 Å². The number of nitrogens with one attached hydrogen (secondary N) is 1. The summed E-state index contributed by atoms with van der Waals surface area (Å²) in [5.41, 5.74) is 2.30. The van der Waals surface area contributed by atoms with Crippen molar-refractivity contribution in [1.82, 2.24) is 5.43 Å². The molecule has 0 saturated heterocycles. The number of hydrazine groups is 1. The number of hydrogen-bond donors (Lipinski definition) is 3. The third-order valence-electron chi connectivity index (χ3n) is 4.13. The monoisotopic (exact) mass is 336 g/mol. The number of phenols is 1. The Hall–Kier alpha value is -2.58. The highest BCUT2D eigenvalue weighted by molar-refractivity contribution is 6.68. The first-order chi connectivity index (χ1) is 11.0. The van der Waals surface area contributed by atoms with Crippen molar-refractivity contribution in [3.05, 3.63) is 29.8 Å². The molecular weight excluding hydrogens is 316 g/mol. The second kappa shape index (κ2) is 8.32. The molecule has 0 bridgehead atoms. The smallest absolute Gasteiger partial charge is 0.265 e. The van der Waals surface area contributed by atoms with E-state index in [4.69, 9.17) is 10.9 Å². The number of ketones is 3. The predicted octanol–water partition coefficient (Wildman–Crippen LogP) is -0.315. The molecule has 2 aliphatic rings. The Morgan fingerprint density at radius 1 is 1.08 bits per heavy atom. The lowest BCUT2D eigenvalue weighted by Crippen LogP contribution is -2.29. The van der Waals surface area contributed by atoms with E-state index in [0.717, 1.165) is 25.7 Å². The van der Waals surface area contributed by atoms with Crippen LogP contribution in [0, 0.1) is 11.8 Å². The van der Waals surface area contributed by atoms with Crippen LogP contribution >= 0.6 is 0 Å². The summed E-state index contributed by atoms with van der Waals surface area (Å²) in [6.07, 6.45) is 3.43. The van der Waals surface area contributed by atoms with Crippen molar-refractivity contribution in [2.45, 2.75) is 25.7 Å². The molecule has 1 amide bonds. The van der Waals surface area contributed by atoms with E-state index in [9.17, 15) is 19.2 Å². The van der Waals surface area contributed by atoms with Gasteiger partial charge in [0, 0.05) is 17.4 Å². The molecule has 0 heterocycles. The second-order valence-electron chi connectivity index (χ2n) is 5.58. The fraction of sp³-hybridized carbons (Fsp3) is 0.375. The maximum absolute atomic E-state index is 11.2. The van der Waals surface area contributed by atoms with Gasteiger partial charge in [0.25, 0.3) is 11.7 Å². The van der Waals surface area contributed by atoms with Gasteiger partial charge in [0.15, 0.2) is 0 Å². The van der Waals surface area contributed by atoms with Crippen LogP contribution in [0.2, 0.25) is 0 Å². The van der Waals surface area contributed by atoms with Gasteiger partial charge in [-0.15, -0.1) is 0 Å². The first-order valence-electron chi connectivity index (χ1n) is 7.38. The van der Waals surface area contributed by atoms with E-state index in [2.05, 4.69) is 0 Å². The maximum atomic E-state index is 11.2. The Morgan fingerprint density at radius 2 is 1.62 bits per heavy atom. The number of benzene rings is 1. The van der Waals surface area contributed by atoms with Crippen molar-refractivity contribution in [1.29, 1.82) is 0 Å². The summed E-state index contributed by atoms with van der Waals surface area (Å²) in [4.78, 5) is 44.2. The molecular formula is C16H20N2O6. The Labute approximate surface area is 138 Å². The summed E-state index contributed by atoms with van der Waals surface area (Å²) in [5.74, 6) is 2.41. The van der Waals surface area contributed by atoms with E-state index in [-0.39, 0.29) is 23.1 Å². The summed E-state index contributed by atoms with van der Waals surface area (Å²) in [6.45, 7) is 0. The van der Waals surface area contributed by atoms with E-state index in [1.54, 1.807) is 12.1 Å². The lowest BCUT2D eigenvalue weighted by atomic mass is 9.81. The van der Waals surface area contributed by atoms with Gasteiger partial charge in [-0.25, -0.2) is 5.84 Å². The third-order valence-corrected chi connectivity index (χ3v) is 4.13. The molecule has 0 radical (unpaired) electrons. The van der Waals surface area contributed by atoms with Gasteiger partial charge in [0.05, 0.1) is 0 Å². The Balaban J connectivity index is 0.000000232. The minimum atomic E-state index is -0.744. The standard InChI is InChI=1S/C9H10O3.C7H8N2O2.H2O/c10-7-5-3-1-2-4-6(5)8(11)9(7)12;8-9-7(11)5-2-1-3-6(10)4-5;/h5-6H,1-4H2;1-4,10H,8H2,(H,9,11);1H2. The number of Topliss-reactive ketones (excluding diaryl/α,β-unsaturated/α-hetero) is 3. The lowest BCUT2D eigenvalue weighted by Gasteiger charge is -2.20. The average molecular weight is 336 g/mol. The molecule has 2 saturated carbocycles.